The molecule has 0 saturated heterocycles. The number of carbonyl (C=O) groups excluding carboxylic acids is 2. The van der Waals surface area contributed by atoms with Crippen molar-refractivity contribution >= 4 is 90.0 Å². The van der Waals surface area contributed by atoms with Gasteiger partial charge in [-0.3, -0.25) is 9.59 Å². The van der Waals surface area contributed by atoms with Crippen LogP contribution in [-0.4, -0.2) is 24.0 Å². The lowest BCUT2D eigenvalue weighted by atomic mass is 10.1. The van der Waals surface area contributed by atoms with Gasteiger partial charge in [0.25, 0.3) is 0 Å². The normalized spacial score (nSPS) is 11.2. The van der Waals surface area contributed by atoms with Crippen LogP contribution in [-0.2, 0) is 40.4 Å². The van der Waals surface area contributed by atoms with Crippen molar-refractivity contribution < 1.29 is 32.6 Å². The fourth-order valence-corrected chi connectivity index (χ4v) is 7.60. The van der Waals surface area contributed by atoms with Gasteiger partial charge in [-0.15, -0.1) is 0 Å². The average molecular weight is 906 g/mol. The van der Waals surface area contributed by atoms with Gasteiger partial charge in [0.15, 0.2) is 17.4 Å². The third-order valence-electron chi connectivity index (χ3n) is 7.35. The first kappa shape index (κ1) is 41.7. The summed E-state index contributed by atoms with van der Waals surface area (Å²) in [5.74, 6) is -1.79. The molecule has 0 atom stereocenters. The molecule has 0 aliphatic carbocycles. The Morgan fingerprint density at radius 3 is 1.79 bits per heavy atom. The highest BCUT2D eigenvalue weighted by molar-refractivity contribution is 9.11. The zero-order valence-electron chi connectivity index (χ0n) is 29.0. The molecule has 52 heavy (non-hydrogen) atoms. The van der Waals surface area contributed by atoms with Gasteiger partial charge in [-0.25, -0.2) is 8.78 Å². The molecule has 0 aromatic heterocycles. The van der Waals surface area contributed by atoms with Crippen LogP contribution in [0.5, 0.6) is 11.5 Å². The minimum absolute atomic E-state index is 0.0107. The maximum atomic E-state index is 15.1. The average Bonchev–Trinajstić information content (AvgIpc) is 3.02. The summed E-state index contributed by atoms with van der Waals surface area (Å²) in [6.07, 6.45) is -0.132. The van der Waals surface area contributed by atoms with E-state index in [1.807, 2.05) is 34.6 Å². The fourth-order valence-electron chi connectivity index (χ4n) is 5.21. The quantitative estimate of drug-likeness (QED) is 0.0908. The number of benzene rings is 4. The zero-order valence-corrected chi connectivity index (χ0v) is 34.4. The molecule has 0 radical (unpaired) electrons. The Morgan fingerprint density at radius 1 is 0.712 bits per heavy atom. The first-order chi connectivity index (χ1) is 24.5. The summed E-state index contributed by atoms with van der Waals surface area (Å²) in [5, 5.41) is 6.78. The van der Waals surface area contributed by atoms with Gasteiger partial charge in [0, 0.05) is 28.2 Å². The van der Waals surface area contributed by atoms with Crippen molar-refractivity contribution in [2.45, 2.75) is 79.2 Å². The topological polar surface area (TPSA) is 85.9 Å². The third kappa shape index (κ3) is 11.7. The number of halogens is 7. The van der Waals surface area contributed by atoms with Gasteiger partial charge in [-0.05, 0) is 138 Å². The summed E-state index contributed by atoms with van der Waals surface area (Å²) in [7, 11) is 0. The second-order valence-corrected chi connectivity index (χ2v) is 15.6. The monoisotopic (exact) mass is 902 g/mol. The molecular weight excluding hydrogens is 869 g/mol. The van der Waals surface area contributed by atoms with E-state index < -0.39 is 17.8 Å². The minimum Gasteiger partial charge on any atom is -0.486 e. The molecule has 0 amide bonds. The molecule has 4 aromatic carbocycles. The number of hydrogen-bond acceptors (Lipinski definition) is 7. The lowest BCUT2D eigenvalue weighted by Gasteiger charge is -2.16. The van der Waals surface area contributed by atoms with Gasteiger partial charge < -0.3 is 24.8 Å². The Hall–Kier alpha value is -3.09. The number of carbonyl (C=O) groups is 2. The SMILES string of the molecule is Cc1cc(COc2c(Br)cc(CC(=O)OC(=O)CCc3cc(Cl)c(OCc4cc(Cl)cc(NC(C)C)c4F)c(Cl)c3)cc2Br)c(F)c(NC(C)C)c1. The van der Waals surface area contributed by atoms with Gasteiger partial charge in [0.05, 0.1) is 43.2 Å². The Kier molecular flexibility index (Phi) is 15.1. The highest BCUT2D eigenvalue weighted by Gasteiger charge is 2.19. The molecule has 4 aromatic rings. The predicted octanol–water partition coefficient (Wildman–Crippen LogP) is 11.8. The number of rotatable bonds is 15. The van der Waals surface area contributed by atoms with Crippen molar-refractivity contribution in [2.75, 3.05) is 10.6 Å². The Labute approximate surface area is 333 Å². The molecule has 0 fully saturated rings. The summed E-state index contributed by atoms with van der Waals surface area (Å²) in [6, 6.07) is 13.0. The molecule has 0 spiro atoms. The molecular formula is C38H37Br2Cl3F2N2O5. The maximum absolute atomic E-state index is 15.1. The number of anilines is 2. The second-order valence-electron chi connectivity index (χ2n) is 12.7. The Bertz CT molecular complexity index is 1920. The summed E-state index contributed by atoms with van der Waals surface area (Å²) in [5.41, 5.74) is 3.30. The van der Waals surface area contributed by atoms with Crippen LogP contribution < -0.4 is 20.1 Å². The fraction of sp³-hybridized carbons (Fsp3) is 0.316. The van der Waals surface area contributed by atoms with E-state index in [0.29, 0.717) is 42.1 Å². The zero-order chi connectivity index (χ0) is 38.3. The number of esters is 2. The highest BCUT2D eigenvalue weighted by atomic mass is 79.9. The van der Waals surface area contributed by atoms with Crippen LogP contribution >= 0.6 is 66.7 Å². The summed E-state index contributed by atoms with van der Waals surface area (Å²) in [4.78, 5) is 25.2. The van der Waals surface area contributed by atoms with Crippen molar-refractivity contribution in [3.05, 3.63) is 112 Å². The summed E-state index contributed by atoms with van der Waals surface area (Å²) < 4.78 is 47.9. The van der Waals surface area contributed by atoms with Crippen LogP contribution in [0.2, 0.25) is 15.1 Å². The standard InChI is InChI=1S/C38H37Br2Cl3F2N2O5/c1-19(2)46-31-9-21(5)8-24(35(31)44)17-50-37-27(39)10-23(11-28(37)40)14-34(49)52-33(48)7-6-22-12-29(42)38(30(43)13-22)51-18-25-15-26(41)16-32(36(25)45)47-20(3)4/h8-13,15-16,19-20,46-47H,6-7,14,17-18H2,1-5H3. The number of hydrogen-bond donors (Lipinski definition) is 2. The molecule has 4 rings (SSSR count). The minimum atomic E-state index is -0.746. The molecule has 14 heteroatoms. The van der Waals surface area contributed by atoms with E-state index in [1.165, 1.54) is 12.1 Å². The smallest absolute Gasteiger partial charge is 0.317 e. The molecule has 0 saturated carbocycles. The van der Waals surface area contributed by atoms with Gasteiger partial charge in [0.2, 0.25) is 0 Å². The molecule has 0 aliphatic heterocycles. The lowest BCUT2D eigenvalue weighted by Crippen LogP contribution is -2.15. The van der Waals surface area contributed by atoms with E-state index in [9.17, 15) is 9.59 Å². The third-order valence-corrected chi connectivity index (χ3v) is 9.31. The lowest BCUT2D eigenvalue weighted by molar-refractivity contribution is -0.159. The van der Waals surface area contributed by atoms with Gasteiger partial charge >= 0.3 is 11.9 Å². The molecule has 7 nitrogen and oxygen atoms in total. The van der Waals surface area contributed by atoms with Crippen LogP contribution in [0.25, 0.3) is 0 Å². The van der Waals surface area contributed by atoms with Gasteiger partial charge in [-0.2, -0.15) is 0 Å². The van der Waals surface area contributed by atoms with Crippen LogP contribution in [0.1, 0.15) is 61.9 Å². The van der Waals surface area contributed by atoms with Crippen LogP contribution in [0.3, 0.4) is 0 Å². The summed E-state index contributed by atoms with van der Waals surface area (Å²) >= 11 is 26.0. The first-order valence-corrected chi connectivity index (χ1v) is 19.0. The number of nitrogens with one attached hydrogen (secondary N) is 2. The van der Waals surface area contributed by atoms with E-state index >= 15 is 8.78 Å². The molecule has 0 heterocycles. The van der Waals surface area contributed by atoms with E-state index in [1.54, 1.807) is 36.4 Å². The molecule has 0 unspecified atom stereocenters. The van der Waals surface area contributed by atoms with Crippen molar-refractivity contribution in [3.8, 4) is 11.5 Å². The molecule has 0 bridgehead atoms. The predicted molar refractivity (Wildman–Crippen MR) is 210 cm³/mol. The largest absolute Gasteiger partial charge is 0.486 e. The van der Waals surface area contributed by atoms with Crippen molar-refractivity contribution in [1.29, 1.82) is 0 Å². The highest BCUT2D eigenvalue weighted by Crippen LogP contribution is 2.37. The van der Waals surface area contributed by atoms with Crippen molar-refractivity contribution in [2.24, 2.45) is 0 Å². The molecule has 278 valence electrons. The second kappa shape index (κ2) is 18.8. The van der Waals surface area contributed by atoms with Crippen LogP contribution in [0, 0.1) is 18.6 Å². The van der Waals surface area contributed by atoms with E-state index in [0.717, 1.165) is 5.56 Å². The van der Waals surface area contributed by atoms with Gasteiger partial charge in [-0.1, -0.05) is 34.8 Å². The Balaban J connectivity index is 1.31. The van der Waals surface area contributed by atoms with Crippen LogP contribution in [0.4, 0.5) is 20.2 Å². The van der Waals surface area contributed by atoms with E-state index in [-0.39, 0.29) is 77.4 Å². The molecule has 0 aliphatic rings. The van der Waals surface area contributed by atoms with Crippen LogP contribution in [0.15, 0.2) is 57.5 Å². The number of ether oxygens (including phenoxy) is 3. The van der Waals surface area contributed by atoms with Crippen molar-refractivity contribution in [1.82, 2.24) is 0 Å². The van der Waals surface area contributed by atoms with E-state index in [4.69, 9.17) is 49.0 Å². The Morgan fingerprint density at radius 2 is 1.23 bits per heavy atom. The molecule has 2 N–H and O–H groups in total. The maximum Gasteiger partial charge on any atom is 0.317 e. The number of aryl methyl sites for hydroxylation is 2. The van der Waals surface area contributed by atoms with Gasteiger partial charge in [0.1, 0.15) is 19.0 Å². The van der Waals surface area contributed by atoms with E-state index in [2.05, 4.69) is 42.5 Å². The van der Waals surface area contributed by atoms with Crippen molar-refractivity contribution in [3.63, 3.8) is 0 Å². The first-order valence-electron chi connectivity index (χ1n) is 16.3. The summed E-state index contributed by atoms with van der Waals surface area (Å²) in [6.45, 7) is 9.30.